The minimum atomic E-state index is 0.473. The van der Waals surface area contributed by atoms with Crippen LogP contribution in [0.2, 0.25) is 5.15 Å². The van der Waals surface area contributed by atoms with Crippen molar-refractivity contribution >= 4 is 11.6 Å². The summed E-state index contributed by atoms with van der Waals surface area (Å²) >= 11 is 6.18. The number of ether oxygens (including phenoxy) is 1. The molecule has 0 bridgehead atoms. The van der Waals surface area contributed by atoms with Crippen molar-refractivity contribution in [2.24, 2.45) is 0 Å². The van der Waals surface area contributed by atoms with Crippen LogP contribution >= 0.6 is 11.6 Å². The summed E-state index contributed by atoms with van der Waals surface area (Å²) in [6.07, 6.45) is 3.99. The van der Waals surface area contributed by atoms with Crippen LogP contribution in [0, 0.1) is 0 Å². The minimum Gasteiger partial charge on any atom is -0.452 e. The first-order valence-corrected chi connectivity index (χ1v) is 5.68. The van der Waals surface area contributed by atoms with Gasteiger partial charge in [0.05, 0.1) is 12.2 Å². The Hall–Kier alpha value is -1.48. The zero-order valence-corrected chi connectivity index (χ0v) is 9.39. The number of para-hydroxylation sites is 1. The molecular weight excluding hydrogens is 224 g/mol. The first-order valence-electron chi connectivity index (χ1n) is 5.30. The van der Waals surface area contributed by atoms with Crippen molar-refractivity contribution in [2.75, 3.05) is 0 Å². The third-order valence-corrected chi connectivity index (χ3v) is 2.93. The van der Waals surface area contributed by atoms with Crippen molar-refractivity contribution in [1.29, 1.82) is 0 Å². The normalized spacial score (nSPS) is 15.1. The molecule has 1 aliphatic carbocycles. The molecule has 1 fully saturated rings. The molecule has 2 aromatic rings. The highest BCUT2D eigenvalue weighted by Crippen LogP contribution is 2.40. The van der Waals surface area contributed by atoms with Gasteiger partial charge in [0.2, 0.25) is 0 Å². The lowest BCUT2D eigenvalue weighted by Gasteiger charge is -2.03. The molecule has 1 saturated carbocycles. The van der Waals surface area contributed by atoms with Gasteiger partial charge in [-0.3, -0.25) is 0 Å². The zero-order chi connectivity index (χ0) is 11.0. The third-order valence-electron chi connectivity index (χ3n) is 2.57. The van der Waals surface area contributed by atoms with E-state index >= 15 is 0 Å². The molecular formula is C12H11ClN2O. The van der Waals surface area contributed by atoms with E-state index in [1.54, 1.807) is 6.20 Å². The van der Waals surface area contributed by atoms with E-state index in [4.69, 9.17) is 16.3 Å². The maximum atomic E-state index is 6.18. The van der Waals surface area contributed by atoms with E-state index in [0.717, 1.165) is 18.6 Å². The van der Waals surface area contributed by atoms with Crippen LogP contribution in [-0.2, 0) is 0 Å². The van der Waals surface area contributed by atoms with Crippen LogP contribution < -0.4 is 4.74 Å². The fourth-order valence-electron chi connectivity index (χ4n) is 1.59. The average Bonchev–Trinajstić information content (AvgIpc) is 3.08. The second-order valence-corrected chi connectivity index (χ2v) is 4.25. The first-order chi connectivity index (χ1) is 7.84. The van der Waals surface area contributed by atoms with Gasteiger partial charge in [-0.15, -0.1) is 0 Å². The van der Waals surface area contributed by atoms with Crippen LogP contribution in [0.25, 0.3) is 0 Å². The van der Waals surface area contributed by atoms with Crippen molar-refractivity contribution in [1.82, 2.24) is 9.78 Å². The average molecular weight is 235 g/mol. The molecule has 0 aliphatic heterocycles. The number of benzene rings is 1. The molecule has 0 spiro atoms. The summed E-state index contributed by atoms with van der Waals surface area (Å²) in [4.78, 5) is 0. The lowest BCUT2D eigenvalue weighted by Crippen LogP contribution is -1.95. The number of halogens is 1. The Morgan fingerprint density at radius 3 is 2.69 bits per heavy atom. The van der Waals surface area contributed by atoms with Crippen LogP contribution in [0.4, 0.5) is 0 Å². The fourth-order valence-corrected chi connectivity index (χ4v) is 1.86. The number of nitrogens with zero attached hydrogens (tertiary/aromatic N) is 2. The molecule has 0 amide bonds. The smallest absolute Gasteiger partial charge is 0.184 e. The van der Waals surface area contributed by atoms with Crippen molar-refractivity contribution in [2.45, 2.75) is 18.9 Å². The van der Waals surface area contributed by atoms with Crippen LogP contribution in [0.5, 0.6) is 11.5 Å². The summed E-state index contributed by atoms with van der Waals surface area (Å²) in [5.74, 6) is 1.40. The summed E-state index contributed by atoms with van der Waals surface area (Å²) in [6, 6.07) is 10.1. The van der Waals surface area contributed by atoms with Gasteiger partial charge < -0.3 is 4.74 Å². The second-order valence-electron chi connectivity index (χ2n) is 3.89. The van der Waals surface area contributed by atoms with E-state index in [2.05, 4.69) is 5.10 Å². The Morgan fingerprint density at radius 2 is 2.00 bits per heavy atom. The standard InChI is InChI=1S/C12H11ClN2O/c13-12-11(8-14-15(12)9-6-7-9)16-10-4-2-1-3-5-10/h1-5,8-9H,6-7H2. The molecule has 0 atom stereocenters. The molecule has 0 N–H and O–H groups in total. The molecule has 16 heavy (non-hydrogen) atoms. The Balaban J connectivity index is 1.84. The number of hydrogen-bond donors (Lipinski definition) is 0. The van der Waals surface area contributed by atoms with Crippen molar-refractivity contribution in [3.05, 3.63) is 41.7 Å². The molecule has 3 rings (SSSR count). The Morgan fingerprint density at radius 1 is 1.25 bits per heavy atom. The van der Waals surface area contributed by atoms with Crippen LogP contribution in [0.3, 0.4) is 0 Å². The maximum Gasteiger partial charge on any atom is 0.184 e. The molecule has 1 aromatic carbocycles. The van der Waals surface area contributed by atoms with E-state index in [1.807, 2.05) is 35.0 Å². The Kier molecular flexibility index (Phi) is 2.33. The van der Waals surface area contributed by atoms with Gasteiger partial charge >= 0.3 is 0 Å². The lowest BCUT2D eigenvalue weighted by molar-refractivity contribution is 0.481. The van der Waals surface area contributed by atoms with Gasteiger partial charge in [0.15, 0.2) is 10.9 Å². The number of hydrogen-bond acceptors (Lipinski definition) is 2. The van der Waals surface area contributed by atoms with Crippen LogP contribution in [-0.4, -0.2) is 9.78 Å². The zero-order valence-electron chi connectivity index (χ0n) is 8.64. The summed E-state index contributed by atoms with van der Waals surface area (Å²) < 4.78 is 7.49. The maximum absolute atomic E-state index is 6.18. The highest BCUT2D eigenvalue weighted by molar-refractivity contribution is 6.31. The molecule has 0 saturated heterocycles. The Bertz CT molecular complexity index is 491. The minimum absolute atomic E-state index is 0.473. The van der Waals surface area contributed by atoms with E-state index < -0.39 is 0 Å². The van der Waals surface area contributed by atoms with Gasteiger partial charge in [0.1, 0.15) is 5.75 Å². The van der Waals surface area contributed by atoms with Gasteiger partial charge in [0.25, 0.3) is 0 Å². The van der Waals surface area contributed by atoms with Gasteiger partial charge in [0, 0.05) is 0 Å². The van der Waals surface area contributed by atoms with Gasteiger partial charge in [-0.1, -0.05) is 29.8 Å². The van der Waals surface area contributed by atoms with Crippen molar-refractivity contribution in [3.8, 4) is 11.5 Å². The Labute approximate surface area is 98.6 Å². The summed E-state index contributed by atoms with van der Waals surface area (Å²) in [5.41, 5.74) is 0. The SMILES string of the molecule is Clc1c(Oc2ccccc2)cnn1C1CC1. The predicted molar refractivity (Wildman–Crippen MR) is 62.0 cm³/mol. The highest BCUT2D eigenvalue weighted by atomic mass is 35.5. The molecule has 3 nitrogen and oxygen atoms in total. The predicted octanol–water partition coefficient (Wildman–Crippen LogP) is 3.66. The van der Waals surface area contributed by atoms with Gasteiger partial charge in [-0.05, 0) is 25.0 Å². The molecule has 0 radical (unpaired) electrons. The largest absolute Gasteiger partial charge is 0.452 e. The molecule has 1 aromatic heterocycles. The van der Waals surface area contributed by atoms with Crippen molar-refractivity contribution < 1.29 is 4.74 Å². The lowest BCUT2D eigenvalue weighted by atomic mass is 10.3. The summed E-state index contributed by atoms with van der Waals surface area (Å²) in [7, 11) is 0. The molecule has 0 unspecified atom stereocenters. The van der Waals surface area contributed by atoms with E-state index in [0.29, 0.717) is 16.9 Å². The fraction of sp³-hybridized carbons (Fsp3) is 0.250. The van der Waals surface area contributed by atoms with Gasteiger partial charge in [-0.2, -0.15) is 5.10 Å². The molecule has 82 valence electrons. The number of rotatable bonds is 3. The monoisotopic (exact) mass is 234 g/mol. The third kappa shape index (κ3) is 1.78. The summed E-state index contributed by atoms with van der Waals surface area (Å²) in [6.45, 7) is 0. The number of aromatic nitrogens is 2. The van der Waals surface area contributed by atoms with Gasteiger partial charge in [-0.25, -0.2) is 4.68 Å². The second kappa shape index (κ2) is 3.83. The topological polar surface area (TPSA) is 27.1 Å². The van der Waals surface area contributed by atoms with E-state index in [9.17, 15) is 0 Å². The quantitative estimate of drug-likeness (QED) is 0.810. The highest BCUT2D eigenvalue weighted by Gasteiger charge is 2.27. The molecule has 1 aliphatic rings. The summed E-state index contributed by atoms with van der Waals surface area (Å²) in [5, 5.41) is 4.82. The van der Waals surface area contributed by atoms with E-state index in [1.165, 1.54) is 0 Å². The van der Waals surface area contributed by atoms with Crippen LogP contribution in [0.15, 0.2) is 36.5 Å². The van der Waals surface area contributed by atoms with E-state index in [-0.39, 0.29) is 0 Å². The van der Waals surface area contributed by atoms with Crippen LogP contribution in [0.1, 0.15) is 18.9 Å². The molecule has 4 heteroatoms. The first kappa shape index (κ1) is 9.73. The van der Waals surface area contributed by atoms with Crippen molar-refractivity contribution in [3.63, 3.8) is 0 Å². The molecule has 1 heterocycles.